The number of anilines is 1. The average molecular weight is 484 g/mol. The van der Waals surface area contributed by atoms with Gasteiger partial charge in [0.15, 0.2) is 0 Å². The van der Waals surface area contributed by atoms with Gasteiger partial charge in [0, 0.05) is 34.8 Å². The van der Waals surface area contributed by atoms with Crippen molar-refractivity contribution in [3.8, 4) is 16.9 Å². The fourth-order valence-electron chi connectivity index (χ4n) is 4.96. The van der Waals surface area contributed by atoms with Crippen LogP contribution in [0.4, 0.5) is 10.6 Å². The van der Waals surface area contributed by atoms with Gasteiger partial charge in [0.1, 0.15) is 17.7 Å². The van der Waals surface area contributed by atoms with Crippen molar-refractivity contribution in [3.63, 3.8) is 0 Å². The number of ether oxygens (including phenoxy) is 2. The zero-order valence-electron chi connectivity index (χ0n) is 21.6. The molecule has 9 nitrogen and oxygen atoms in total. The van der Waals surface area contributed by atoms with E-state index >= 15 is 0 Å². The third kappa shape index (κ3) is 5.94. The molecule has 4 rings (SSSR count). The van der Waals surface area contributed by atoms with Gasteiger partial charge in [0.25, 0.3) is 0 Å². The van der Waals surface area contributed by atoms with Gasteiger partial charge in [-0.3, -0.25) is 9.48 Å². The summed E-state index contributed by atoms with van der Waals surface area (Å²) in [6.45, 7) is 11.0. The highest BCUT2D eigenvalue weighted by Gasteiger charge is 2.33. The number of carbonyl (C=O) groups is 2. The van der Waals surface area contributed by atoms with Crippen LogP contribution in [-0.2, 0) is 22.5 Å². The van der Waals surface area contributed by atoms with Gasteiger partial charge in [-0.15, -0.1) is 0 Å². The molecule has 1 saturated carbocycles. The van der Waals surface area contributed by atoms with Crippen LogP contribution in [0.1, 0.15) is 66.0 Å². The van der Waals surface area contributed by atoms with Crippen LogP contribution in [0.15, 0.2) is 18.5 Å². The number of alkyl carbamates (subject to hydrolysis) is 1. The first-order valence-corrected chi connectivity index (χ1v) is 12.3. The number of nitrogens with zero attached hydrogens (tertiary/aromatic N) is 3. The summed E-state index contributed by atoms with van der Waals surface area (Å²) in [6.07, 6.45) is 6.53. The number of amides is 2. The molecule has 0 unspecified atom stereocenters. The Labute approximate surface area is 207 Å². The molecule has 0 bridgehead atoms. The van der Waals surface area contributed by atoms with Gasteiger partial charge in [0.2, 0.25) is 5.91 Å². The summed E-state index contributed by atoms with van der Waals surface area (Å²) in [5.74, 6) is 0.750. The SMILES string of the molecule is COc1cnc(NC(=O)[C@H]2CCC[C@@H](OC(=O)NC(C)(C)C)C2)cc1-c1cnn2c1CC(C)(C)C2. The molecule has 3 heterocycles. The molecule has 190 valence electrons. The highest BCUT2D eigenvalue weighted by Crippen LogP contribution is 2.40. The molecule has 2 N–H and O–H groups in total. The second kappa shape index (κ2) is 9.51. The van der Waals surface area contributed by atoms with Gasteiger partial charge in [-0.05, 0) is 64.4 Å². The number of methoxy groups -OCH3 is 1. The molecule has 1 aliphatic heterocycles. The monoisotopic (exact) mass is 483 g/mol. The molecule has 2 aromatic heterocycles. The fraction of sp³-hybridized carbons (Fsp3) is 0.615. The lowest BCUT2D eigenvalue weighted by molar-refractivity contribution is -0.122. The minimum Gasteiger partial charge on any atom is -0.494 e. The zero-order chi connectivity index (χ0) is 25.4. The van der Waals surface area contributed by atoms with E-state index in [4.69, 9.17) is 9.47 Å². The van der Waals surface area contributed by atoms with Crippen molar-refractivity contribution in [1.29, 1.82) is 0 Å². The third-order valence-electron chi connectivity index (χ3n) is 6.55. The smallest absolute Gasteiger partial charge is 0.407 e. The molecule has 2 aliphatic rings. The van der Waals surface area contributed by atoms with E-state index in [-0.39, 0.29) is 28.9 Å². The van der Waals surface area contributed by atoms with Crippen molar-refractivity contribution in [2.45, 2.75) is 84.9 Å². The van der Waals surface area contributed by atoms with Gasteiger partial charge in [-0.2, -0.15) is 5.10 Å². The Balaban J connectivity index is 1.45. The molecular weight excluding hydrogens is 446 g/mol. The molecule has 2 atom stereocenters. The summed E-state index contributed by atoms with van der Waals surface area (Å²) >= 11 is 0. The maximum atomic E-state index is 13.1. The standard InChI is InChI=1S/C26H37N5O4/c1-25(2,3)30-24(33)35-17-9-7-8-16(10-17)23(32)29-22-11-18(21(34-6)14-27-22)19-13-28-31-15-26(4,5)12-20(19)31/h11,13-14,16-17H,7-10,12,15H2,1-6H3,(H,30,33)(H,27,29,32)/t16-,17+/m0/s1. The first-order valence-electron chi connectivity index (χ1n) is 12.3. The lowest BCUT2D eigenvalue weighted by Gasteiger charge is -2.29. The molecule has 2 amide bonds. The minimum atomic E-state index is -0.443. The van der Waals surface area contributed by atoms with Crippen LogP contribution in [0.2, 0.25) is 0 Å². The van der Waals surface area contributed by atoms with E-state index in [2.05, 4.69) is 34.6 Å². The van der Waals surface area contributed by atoms with Gasteiger partial charge in [0.05, 0.1) is 19.5 Å². The second-order valence-corrected chi connectivity index (χ2v) is 11.5. The normalized spacial score (nSPS) is 21.2. The molecule has 1 fully saturated rings. The maximum Gasteiger partial charge on any atom is 0.407 e. The lowest BCUT2D eigenvalue weighted by atomic mass is 9.86. The van der Waals surface area contributed by atoms with E-state index in [1.54, 1.807) is 13.3 Å². The lowest BCUT2D eigenvalue weighted by Crippen LogP contribution is -2.43. The Hall–Kier alpha value is -3.10. The van der Waals surface area contributed by atoms with Crippen molar-refractivity contribution in [1.82, 2.24) is 20.1 Å². The third-order valence-corrected chi connectivity index (χ3v) is 6.55. The van der Waals surface area contributed by atoms with Crippen molar-refractivity contribution in [3.05, 3.63) is 24.2 Å². The largest absolute Gasteiger partial charge is 0.494 e. The van der Waals surface area contributed by atoms with Crippen molar-refractivity contribution >= 4 is 17.8 Å². The Kier molecular flexibility index (Phi) is 6.79. The first-order chi connectivity index (χ1) is 16.4. The molecular formula is C26H37N5O4. The van der Waals surface area contributed by atoms with Crippen molar-refractivity contribution in [2.24, 2.45) is 11.3 Å². The van der Waals surface area contributed by atoms with E-state index in [1.807, 2.05) is 37.7 Å². The Morgan fingerprint density at radius 3 is 2.66 bits per heavy atom. The molecule has 9 heteroatoms. The summed E-state index contributed by atoms with van der Waals surface area (Å²) in [5.41, 5.74) is 2.81. The topological polar surface area (TPSA) is 107 Å². The van der Waals surface area contributed by atoms with Gasteiger partial charge >= 0.3 is 6.09 Å². The summed E-state index contributed by atoms with van der Waals surface area (Å²) in [5, 5.41) is 10.4. The van der Waals surface area contributed by atoms with Crippen LogP contribution in [0.3, 0.4) is 0 Å². The predicted molar refractivity (Wildman–Crippen MR) is 133 cm³/mol. The van der Waals surface area contributed by atoms with Gasteiger partial charge in [-0.25, -0.2) is 9.78 Å². The summed E-state index contributed by atoms with van der Waals surface area (Å²) in [7, 11) is 1.62. The Morgan fingerprint density at radius 2 is 1.94 bits per heavy atom. The number of pyridine rings is 1. The summed E-state index contributed by atoms with van der Waals surface area (Å²) in [4.78, 5) is 29.7. The minimum absolute atomic E-state index is 0.112. The number of nitrogens with one attached hydrogen (secondary N) is 2. The van der Waals surface area contributed by atoms with Gasteiger partial charge < -0.3 is 20.1 Å². The summed E-state index contributed by atoms with van der Waals surface area (Å²) < 4.78 is 13.2. The van der Waals surface area contributed by atoms with Gasteiger partial charge in [-0.1, -0.05) is 13.8 Å². The number of fused-ring (bicyclic) bond motifs is 1. The van der Waals surface area contributed by atoms with Crippen LogP contribution in [0, 0.1) is 11.3 Å². The van der Waals surface area contributed by atoms with E-state index in [1.165, 1.54) is 0 Å². The highest BCUT2D eigenvalue weighted by atomic mass is 16.6. The quantitative estimate of drug-likeness (QED) is 0.646. The number of aromatic nitrogens is 3. The van der Waals surface area contributed by atoms with Crippen LogP contribution in [0.25, 0.3) is 11.1 Å². The zero-order valence-corrected chi connectivity index (χ0v) is 21.6. The molecule has 0 saturated heterocycles. The molecule has 0 radical (unpaired) electrons. The molecule has 1 aliphatic carbocycles. The van der Waals surface area contributed by atoms with Crippen LogP contribution < -0.4 is 15.4 Å². The summed E-state index contributed by atoms with van der Waals surface area (Å²) in [6, 6.07) is 1.85. The van der Waals surface area contributed by atoms with E-state index in [9.17, 15) is 9.59 Å². The number of rotatable bonds is 5. The van der Waals surface area contributed by atoms with E-state index in [0.29, 0.717) is 18.0 Å². The number of hydrogen-bond acceptors (Lipinski definition) is 6. The van der Waals surface area contributed by atoms with Crippen molar-refractivity contribution in [2.75, 3.05) is 12.4 Å². The fourth-order valence-corrected chi connectivity index (χ4v) is 4.96. The first kappa shape index (κ1) is 25.0. The highest BCUT2D eigenvalue weighted by molar-refractivity contribution is 5.92. The number of carbonyl (C=O) groups excluding carboxylic acids is 2. The van der Waals surface area contributed by atoms with E-state index < -0.39 is 6.09 Å². The molecule has 35 heavy (non-hydrogen) atoms. The average Bonchev–Trinajstić information content (AvgIpc) is 3.27. The Morgan fingerprint density at radius 1 is 1.17 bits per heavy atom. The number of hydrogen-bond donors (Lipinski definition) is 2. The van der Waals surface area contributed by atoms with E-state index in [0.717, 1.165) is 49.0 Å². The van der Waals surface area contributed by atoms with Crippen LogP contribution >= 0.6 is 0 Å². The molecule has 2 aromatic rings. The predicted octanol–water partition coefficient (Wildman–Crippen LogP) is 4.56. The van der Waals surface area contributed by atoms with Crippen molar-refractivity contribution < 1.29 is 19.1 Å². The second-order valence-electron chi connectivity index (χ2n) is 11.5. The van der Waals surface area contributed by atoms with Crippen LogP contribution in [-0.4, -0.2) is 45.5 Å². The molecule has 0 spiro atoms. The van der Waals surface area contributed by atoms with Crippen LogP contribution in [0.5, 0.6) is 5.75 Å². The Bertz CT molecular complexity index is 1100. The maximum absolute atomic E-state index is 13.1. The molecule has 0 aromatic carbocycles.